The third-order valence-corrected chi connectivity index (χ3v) is 4.43. The van der Waals surface area contributed by atoms with Gasteiger partial charge in [0.15, 0.2) is 5.96 Å². The minimum atomic E-state index is 0. The molecule has 1 fully saturated rings. The summed E-state index contributed by atoms with van der Waals surface area (Å²) >= 11 is 0. The van der Waals surface area contributed by atoms with Crippen LogP contribution in [0, 0.1) is 0 Å². The molecular formula is C20H34IN3O2. The van der Waals surface area contributed by atoms with Crippen LogP contribution >= 0.6 is 24.0 Å². The van der Waals surface area contributed by atoms with Crippen LogP contribution in [0.1, 0.15) is 50.2 Å². The molecule has 2 rings (SSSR count). The van der Waals surface area contributed by atoms with E-state index < -0.39 is 0 Å². The Labute approximate surface area is 175 Å². The first-order chi connectivity index (χ1) is 12.3. The van der Waals surface area contributed by atoms with Crippen molar-refractivity contribution in [1.29, 1.82) is 0 Å². The van der Waals surface area contributed by atoms with Crippen LogP contribution in [0.3, 0.4) is 0 Å². The maximum absolute atomic E-state index is 5.96. The molecular weight excluding hydrogens is 441 g/mol. The Balaban J connectivity index is 0.00000338. The first-order valence-electron chi connectivity index (χ1n) is 9.53. The third kappa shape index (κ3) is 9.19. The zero-order valence-electron chi connectivity index (χ0n) is 16.1. The number of unbranched alkanes of at least 4 members (excludes halogenated alkanes) is 2. The van der Waals surface area contributed by atoms with Crippen LogP contribution in [-0.4, -0.2) is 38.9 Å². The summed E-state index contributed by atoms with van der Waals surface area (Å²) in [4.78, 5) is 4.26. The van der Waals surface area contributed by atoms with Crippen LogP contribution in [0.25, 0.3) is 0 Å². The molecule has 0 amide bonds. The van der Waals surface area contributed by atoms with Gasteiger partial charge in [-0.2, -0.15) is 0 Å². The van der Waals surface area contributed by atoms with Crippen LogP contribution in [0.5, 0.6) is 0 Å². The van der Waals surface area contributed by atoms with Gasteiger partial charge in [-0.1, -0.05) is 44.0 Å². The number of benzene rings is 1. The zero-order valence-corrected chi connectivity index (χ0v) is 18.5. The monoisotopic (exact) mass is 475 g/mol. The highest BCUT2D eigenvalue weighted by Crippen LogP contribution is 2.14. The van der Waals surface area contributed by atoms with Gasteiger partial charge in [0.1, 0.15) is 0 Å². The number of guanidine groups is 1. The number of aliphatic imine (C=N–C) groups is 1. The molecule has 26 heavy (non-hydrogen) atoms. The second-order valence-corrected chi connectivity index (χ2v) is 6.50. The van der Waals surface area contributed by atoms with Gasteiger partial charge in [-0.25, -0.2) is 0 Å². The molecule has 5 nitrogen and oxygen atoms in total. The highest BCUT2D eigenvalue weighted by Gasteiger charge is 2.13. The predicted molar refractivity (Wildman–Crippen MR) is 118 cm³/mol. The van der Waals surface area contributed by atoms with Crippen molar-refractivity contribution in [2.45, 2.75) is 58.3 Å². The van der Waals surface area contributed by atoms with Gasteiger partial charge in [-0.05, 0) is 30.4 Å². The van der Waals surface area contributed by atoms with Gasteiger partial charge in [-0.15, -0.1) is 24.0 Å². The van der Waals surface area contributed by atoms with E-state index in [1.165, 1.54) is 30.4 Å². The van der Waals surface area contributed by atoms with Crippen molar-refractivity contribution in [1.82, 2.24) is 10.6 Å². The summed E-state index contributed by atoms with van der Waals surface area (Å²) in [5.41, 5.74) is 2.46. The van der Waals surface area contributed by atoms with Crippen molar-refractivity contribution in [3.63, 3.8) is 0 Å². The molecule has 0 unspecified atom stereocenters. The summed E-state index contributed by atoms with van der Waals surface area (Å²) in [6.07, 6.45) is 6.02. The zero-order chi connectivity index (χ0) is 17.7. The summed E-state index contributed by atoms with van der Waals surface area (Å²) in [7, 11) is 1.81. The average molecular weight is 475 g/mol. The molecule has 1 saturated heterocycles. The number of nitrogens with one attached hydrogen (secondary N) is 2. The van der Waals surface area contributed by atoms with Gasteiger partial charge in [0, 0.05) is 33.4 Å². The Morgan fingerprint density at radius 3 is 2.46 bits per heavy atom. The lowest BCUT2D eigenvalue weighted by atomic mass is 10.1. The highest BCUT2D eigenvalue weighted by molar-refractivity contribution is 14.0. The molecule has 0 bridgehead atoms. The van der Waals surface area contributed by atoms with Gasteiger partial charge in [-0.3, -0.25) is 4.99 Å². The summed E-state index contributed by atoms with van der Waals surface area (Å²) in [5.74, 6) is 0.864. The lowest BCUT2D eigenvalue weighted by Gasteiger charge is -2.22. The van der Waals surface area contributed by atoms with Crippen molar-refractivity contribution in [2.75, 3.05) is 26.8 Å². The molecule has 0 saturated carbocycles. The summed E-state index contributed by atoms with van der Waals surface area (Å²) in [5, 5.41) is 6.71. The van der Waals surface area contributed by atoms with Crippen LogP contribution in [0.15, 0.2) is 29.3 Å². The fourth-order valence-electron chi connectivity index (χ4n) is 2.80. The number of hydrogen-bond donors (Lipinski definition) is 2. The normalized spacial score (nSPS) is 15.4. The van der Waals surface area contributed by atoms with Crippen LogP contribution < -0.4 is 10.6 Å². The quantitative estimate of drug-likeness (QED) is 0.247. The van der Waals surface area contributed by atoms with Crippen LogP contribution in [0.2, 0.25) is 0 Å². The molecule has 1 aromatic rings. The number of ether oxygens (including phenoxy) is 2. The molecule has 0 spiro atoms. The van der Waals surface area contributed by atoms with Gasteiger partial charge in [0.25, 0.3) is 0 Å². The molecule has 1 heterocycles. The van der Waals surface area contributed by atoms with E-state index in [1.54, 1.807) is 0 Å². The minimum Gasteiger partial charge on any atom is -0.381 e. The number of rotatable bonds is 9. The second kappa shape index (κ2) is 14.2. The maximum atomic E-state index is 5.96. The number of halogens is 1. The van der Waals surface area contributed by atoms with Crippen molar-refractivity contribution in [3.8, 4) is 0 Å². The summed E-state index contributed by atoms with van der Waals surface area (Å²) in [6.45, 7) is 6.28. The van der Waals surface area contributed by atoms with E-state index in [-0.39, 0.29) is 24.0 Å². The smallest absolute Gasteiger partial charge is 0.191 e. The van der Waals surface area contributed by atoms with Gasteiger partial charge in [0.05, 0.1) is 12.7 Å². The van der Waals surface area contributed by atoms with Crippen molar-refractivity contribution >= 4 is 29.9 Å². The SMILES string of the molecule is CCCCCNC(=NC)NCc1ccc(COC2CCOCC2)cc1.I. The molecule has 6 heteroatoms. The van der Waals surface area contributed by atoms with E-state index in [2.05, 4.69) is 46.8 Å². The second-order valence-electron chi connectivity index (χ2n) is 6.50. The molecule has 0 aromatic heterocycles. The van der Waals surface area contributed by atoms with E-state index in [4.69, 9.17) is 9.47 Å². The van der Waals surface area contributed by atoms with Crippen molar-refractivity contribution in [2.24, 2.45) is 4.99 Å². The molecule has 148 valence electrons. The molecule has 1 aliphatic rings. The van der Waals surface area contributed by atoms with Gasteiger partial charge in [0.2, 0.25) is 0 Å². The molecule has 2 N–H and O–H groups in total. The Morgan fingerprint density at radius 1 is 1.12 bits per heavy atom. The Kier molecular flexibility index (Phi) is 12.7. The third-order valence-electron chi connectivity index (χ3n) is 4.43. The van der Waals surface area contributed by atoms with Crippen molar-refractivity contribution in [3.05, 3.63) is 35.4 Å². The highest BCUT2D eigenvalue weighted by atomic mass is 127. The van der Waals surface area contributed by atoms with Crippen LogP contribution in [0.4, 0.5) is 0 Å². The maximum Gasteiger partial charge on any atom is 0.191 e. The van der Waals surface area contributed by atoms with Gasteiger partial charge >= 0.3 is 0 Å². The first-order valence-corrected chi connectivity index (χ1v) is 9.53. The van der Waals surface area contributed by atoms with Crippen molar-refractivity contribution < 1.29 is 9.47 Å². The summed E-state index contributed by atoms with van der Waals surface area (Å²) < 4.78 is 11.3. The first kappa shape index (κ1) is 23.2. The molecule has 0 aliphatic carbocycles. The Morgan fingerprint density at radius 2 is 1.81 bits per heavy atom. The standard InChI is InChI=1S/C20H33N3O2.HI/c1-3-4-5-12-22-20(21-2)23-15-17-6-8-18(9-7-17)16-25-19-10-13-24-14-11-19;/h6-9,19H,3-5,10-16H2,1-2H3,(H2,21,22,23);1H. The van der Waals surface area contributed by atoms with Gasteiger partial charge < -0.3 is 20.1 Å². The summed E-state index contributed by atoms with van der Waals surface area (Å²) in [6, 6.07) is 8.60. The van der Waals surface area contributed by atoms with Crippen LogP contribution in [-0.2, 0) is 22.6 Å². The van der Waals surface area contributed by atoms with E-state index >= 15 is 0 Å². The fourth-order valence-corrected chi connectivity index (χ4v) is 2.80. The number of nitrogens with zero attached hydrogens (tertiary/aromatic N) is 1. The van der Waals surface area contributed by atoms with E-state index in [0.717, 1.165) is 45.1 Å². The molecule has 0 radical (unpaired) electrons. The fraction of sp³-hybridized carbons (Fsp3) is 0.650. The van der Waals surface area contributed by atoms with E-state index in [1.807, 2.05) is 7.05 Å². The average Bonchev–Trinajstić information content (AvgIpc) is 2.67. The topological polar surface area (TPSA) is 54.9 Å². The lowest BCUT2D eigenvalue weighted by molar-refractivity contribution is -0.0390. The predicted octanol–water partition coefficient (Wildman–Crippen LogP) is 3.86. The minimum absolute atomic E-state index is 0. The molecule has 0 atom stereocenters. The molecule has 1 aromatic carbocycles. The Hall–Kier alpha value is -0.860. The molecule has 1 aliphatic heterocycles. The number of hydrogen-bond acceptors (Lipinski definition) is 3. The van der Waals surface area contributed by atoms with E-state index in [0.29, 0.717) is 12.7 Å². The Bertz CT molecular complexity index is 502. The largest absolute Gasteiger partial charge is 0.381 e. The lowest BCUT2D eigenvalue weighted by Crippen LogP contribution is -2.37. The van der Waals surface area contributed by atoms with E-state index in [9.17, 15) is 0 Å².